The average molecular weight is 451 g/mol. The SMILES string of the molecule is CC(NC(=O)c1ccc2c(c1)c1cn(C)nc1n2-c1ccc(C(F)(F)F)cc1)c1ccc[nH]1. The molecule has 0 aliphatic carbocycles. The molecule has 0 radical (unpaired) electrons. The highest BCUT2D eigenvalue weighted by Crippen LogP contribution is 2.34. The molecular weight excluding hydrogens is 431 g/mol. The number of alkyl halides is 3. The number of benzene rings is 2. The Kier molecular flexibility index (Phi) is 4.77. The molecule has 6 nitrogen and oxygen atoms in total. The van der Waals surface area contributed by atoms with Gasteiger partial charge < -0.3 is 10.3 Å². The first-order chi connectivity index (χ1) is 15.7. The van der Waals surface area contributed by atoms with Gasteiger partial charge in [0.25, 0.3) is 5.91 Å². The zero-order valence-corrected chi connectivity index (χ0v) is 17.8. The molecule has 9 heteroatoms. The Morgan fingerprint density at radius 2 is 1.85 bits per heavy atom. The van der Waals surface area contributed by atoms with Crippen molar-refractivity contribution in [2.75, 3.05) is 0 Å². The second kappa shape index (κ2) is 7.54. The van der Waals surface area contributed by atoms with Crippen LogP contribution in [0.2, 0.25) is 0 Å². The van der Waals surface area contributed by atoms with Gasteiger partial charge in [-0.15, -0.1) is 0 Å². The van der Waals surface area contributed by atoms with Crippen molar-refractivity contribution in [2.45, 2.75) is 19.1 Å². The molecule has 5 aromatic rings. The molecule has 5 rings (SSSR count). The van der Waals surface area contributed by atoms with E-state index in [-0.39, 0.29) is 11.9 Å². The molecule has 0 aliphatic rings. The van der Waals surface area contributed by atoms with Gasteiger partial charge >= 0.3 is 6.18 Å². The van der Waals surface area contributed by atoms with Crippen LogP contribution in [0.1, 0.15) is 34.6 Å². The standard InChI is InChI=1S/C24H20F3N5O/c1-14(20-4-3-11-28-20)29-23(33)15-5-10-21-18(12-15)19-13-31(2)30-22(19)32(21)17-8-6-16(7-9-17)24(25,26)27/h3-14,28H,1-2H3,(H,29,33). The molecule has 0 fully saturated rings. The number of carbonyl (C=O) groups excluding carboxylic acids is 1. The van der Waals surface area contributed by atoms with Gasteiger partial charge in [-0.3, -0.25) is 14.0 Å². The molecule has 0 aliphatic heterocycles. The number of aromatic amines is 1. The highest BCUT2D eigenvalue weighted by molar-refractivity contribution is 6.10. The molecule has 2 N–H and O–H groups in total. The molecule has 3 heterocycles. The fourth-order valence-corrected chi connectivity index (χ4v) is 4.07. The molecular formula is C24H20F3N5O. The number of aromatic nitrogens is 4. The summed E-state index contributed by atoms with van der Waals surface area (Å²) in [6.45, 7) is 1.89. The number of hydrogen-bond donors (Lipinski definition) is 2. The fourth-order valence-electron chi connectivity index (χ4n) is 4.07. The summed E-state index contributed by atoms with van der Waals surface area (Å²) >= 11 is 0. The third-order valence-corrected chi connectivity index (χ3v) is 5.70. The Hall–Kier alpha value is -4.01. The molecule has 1 amide bonds. The van der Waals surface area contributed by atoms with Gasteiger partial charge in [0.1, 0.15) is 0 Å². The van der Waals surface area contributed by atoms with E-state index >= 15 is 0 Å². The molecule has 0 spiro atoms. The maximum atomic E-state index is 13.0. The van der Waals surface area contributed by atoms with Crippen LogP contribution in [0.25, 0.3) is 27.6 Å². The Labute approximate surface area is 186 Å². The lowest BCUT2D eigenvalue weighted by atomic mass is 10.1. The largest absolute Gasteiger partial charge is 0.416 e. The van der Waals surface area contributed by atoms with Crippen molar-refractivity contribution in [3.05, 3.63) is 83.8 Å². The van der Waals surface area contributed by atoms with Gasteiger partial charge in [-0.05, 0) is 61.5 Å². The van der Waals surface area contributed by atoms with Crippen LogP contribution in [-0.2, 0) is 13.2 Å². The highest BCUT2D eigenvalue weighted by atomic mass is 19.4. The van der Waals surface area contributed by atoms with E-state index in [1.54, 1.807) is 40.7 Å². The van der Waals surface area contributed by atoms with Crippen LogP contribution in [-0.4, -0.2) is 25.2 Å². The van der Waals surface area contributed by atoms with Crippen molar-refractivity contribution >= 4 is 27.8 Å². The third-order valence-electron chi connectivity index (χ3n) is 5.70. The summed E-state index contributed by atoms with van der Waals surface area (Å²) in [6, 6.07) is 13.8. The molecule has 0 bridgehead atoms. The van der Waals surface area contributed by atoms with E-state index in [1.807, 2.05) is 25.3 Å². The van der Waals surface area contributed by atoms with Gasteiger partial charge in [0.15, 0.2) is 5.65 Å². The van der Waals surface area contributed by atoms with Crippen LogP contribution in [0, 0.1) is 0 Å². The average Bonchev–Trinajstić information content (AvgIpc) is 3.49. The second-order valence-corrected chi connectivity index (χ2v) is 7.97. The number of rotatable bonds is 4. The van der Waals surface area contributed by atoms with Crippen molar-refractivity contribution in [3.8, 4) is 5.69 Å². The van der Waals surface area contributed by atoms with Gasteiger partial charge in [-0.1, -0.05) is 0 Å². The molecule has 1 atom stereocenters. The summed E-state index contributed by atoms with van der Waals surface area (Å²) in [4.78, 5) is 16.0. The second-order valence-electron chi connectivity index (χ2n) is 7.97. The van der Waals surface area contributed by atoms with Crippen LogP contribution in [0.4, 0.5) is 13.2 Å². The van der Waals surface area contributed by atoms with Crippen LogP contribution in [0.15, 0.2) is 67.0 Å². The zero-order valence-electron chi connectivity index (χ0n) is 17.8. The summed E-state index contributed by atoms with van der Waals surface area (Å²) in [7, 11) is 1.78. The predicted octanol–water partition coefficient (Wildman–Crippen LogP) is 5.36. The highest BCUT2D eigenvalue weighted by Gasteiger charge is 2.30. The maximum Gasteiger partial charge on any atom is 0.416 e. The van der Waals surface area contributed by atoms with Crippen molar-refractivity contribution < 1.29 is 18.0 Å². The molecule has 168 valence electrons. The Morgan fingerprint density at radius 3 is 2.52 bits per heavy atom. The van der Waals surface area contributed by atoms with Crippen LogP contribution in [0.5, 0.6) is 0 Å². The number of nitrogens with zero attached hydrogens (tertiary/aromatic N) is 3. The van der Waals surface area contributed by atoms with E-state index in [0.717, 1.165) is 34.1 Å². The predicted molar refractivity (Wildman–Crippen MR) is 119 cm³/mol. The lowest BCUT2D eigenvalue weighted by Gasteiger charge is -2.13. The number of fused-ring (bicyclic) bond motifs is 3. The quantitative estimate of drug-likeness (QED) is 0.387. The molecule has 3 aromatic heterocycles. The minimum absolute atomic E-state index is 0.196. The van der Waals surface area contributed by atoms with Gasteiger partial charge in [0, 0.05) is 47.2 Å². The van der Waals surface area contributed by atoms with E-state index in [9.17, 15) is 18.0 Å². The summed E-state index contributed by atoms with van der Waals surface area (Å²) in [5, 5.41) is 9.07. The van der Waals surface area contributed by atoms with Gasteiger partial charge in [-0.2, -0.15) is 18.3 Å². The van der Waals surface area contributed by atoms with E-state index in [1.165, 1.54) is 12.1 Å². The Balaban J connectivity index is 1.58. The lowest BCUT2D eigenvalue weighted by molar-refractivity contribution is -0.137. The van der Waals surface area contributed by atoms with Crippen LogP contribution >= 0.6 is 0 Å². The summed E-state index contributed by atoms with van der Waals surface area (Å²) in [6.07, 6.45) is -0.772. The summed E-state index contributed by atoms with van der Waals surface area (Å²) in [5.41, 5.74) is 2.57. The van der Waals surface area contributed by atoms with Gasteiger partial charge in [0.2, 0.25) is 0 Å². The van der Waals surface area contributed by atoms with Crippen molar-refractivity contribution in [3.63, 3.8) is 0 Å². The monoisotopic (exact) mass is 451 g/mol. The number of amides is 1. The summed E-state index contributed by atoms with van der Waals surface area (Å²) in [5.74, 6) is -0.224. The van der Waals surface area contributed by atoms with Crippen molar-refractivity contribution in [2.24, 2.45) is 7.05 Å². The first-order valence-electron chi connectivity index (χ1n) is 10.3. The zero-order chi connectivity index (χ0) is 23.3. The van der Waals surface area contributed by atoms with E-state index in [4.69, 9.17) is 0 Å². The van der Waals surface area contributed by atoms with E-state index < -0.39 is 11.7 Å². The fraction of sp³-hybridized carbons (Fsp3) is 0.167. The van der Waals surface area contributed by atoms with Gasteiger partial charge in [0.05, 0.1) is 17.1 Å². The number of hydrogen-bond acceptors (Lipinski definition) is 2. The topological polar surface area (TPSA) is 67.6 Å². The molecule has 1 unspecified atom stereocenters. The molecule has 33 heavy (non-hydrogen) atoms. The van der Waals surface area contributed by atoms with Crippen molar-refractivity contribution in [1.29, 1.82) is 0 Å². The normalized spacial score (nSPS) is 13.0. The smallest absolute Gasteiger partial charge is 0.363 e. The summed E-state index contributed by atoms with van der Waals surface area (Å²) < 4.78 is 42.5. The molecule has 0 saturated carbocycles. The van der Waals surface area contributed by atoms with E-state index in [2.05, 4.69) is 15.4 Å². The first kappa shape index (κ1) is 20.9. The maximum absolute atomic E-state index is 13.0. The number of halogens is 3. The number of aryl methyl sites for hydroxylation is 1. The van der Waals surface area contributed by atoms with E-state index in [0.29, 0.717) is 16.9 Å². The van der Waals surface area contributed by atoms with Crippen LogP contribution in [0.3, 0.4) is 0 Å². The van der Waals surface area contributed by atoms with Crippen molar-refractivity contribution in [1.82, 2.24) is 24.6 Å². The number of carbonyl (C=O) groups is 1. The minimum Gasteiger partial charge on any atom is -0.363 e. The first-order valence-corrected chi connectivity index (χ1v) is 10.3. The molecule has 2 aromatic carbocycles. The Bertz CT molecular complexity index is 1460. The lowest BCUT2D eigenvalue weighted by Crippen LogP contribution is -2.26. The third kappa shape index (κ3) is 3.65. The minimum atomic E-state index is -4.41. The Morgan fingerprint density at radius 1 is 1.09 bits per heavy atom. The van der Waals surface area contributed by atoms with Crippen LogP contribution < -0.4 is 5.32 Å². The van der Waals surface area contributed by atoms with Gasteiger partial charge in [-0.25, -0.2) is 0 Å². The number of H-pyrrole nitrogens is 1. The molecule has 0 saturated heterocycles. The number of nitrogens with one attached hydrogen (secondary N) is 2.